The van der Waals surface area contributed by atoms with Crippen LogP contribution in [0.2, 0.25) is 5.02 Å². The SMILES string of the molecule is O=C1c2oc3ccccc3c(=O)c2C2(C(=O)N(Cc3ccc(Cl)cc3)c3ccccc32)N1Cc1ccc2c(c1)OCO2. The van der Waals surface area contributed by atoms with Gasteiger partial charge in [-0.3, -0.25) is 14.4 Å². The lowest BCUT2D eigenvalue weighted by molar-refractivity contribution is -0.126. The topological polar surface area (TPSA) is 89.3 Å². The van der Waals surface area contributed by atoms with Gasteiger partial charge in [0.2, 0.25) is 12.6 Å². The second-order valence-electron chi connectivity index (χ2n) is 10.5. The van der Waals surface area contributed by atoms with Crippen LogP contribution in [-0.2, 0) is 23.4 Å². The highest BCUT2D eigenvalue weighted by Gasteiger charge is 2.65. The molecule has 0 bridgehead atoms. The maximum absolute atomic E-state index is 14.9. The Morgan fingerprint density at radius 2 is 1.52 bits per heavy atom. The number of para-hydroxylation sites is 2. The summed E-state index contributed by atoms with van der Waals surface area (Å²) in [6.45, 7) is 0.340. The largest absolute Gasteiger partial charge is 0.454 e. The van der Waals surface area contributed by atoms with Crippen molar-refractivity contribution >= 4 is 40.1 Å². The highest BCUT2D eigenvalue weighted by molar-refractivity contribution is 6.30. The van der Waals surface area contributed by atoms with Crippen molar-refractivity contribution in [2.75, 3.05) is 11.7 Å². The molecule has 4 aromatic carbocycles. The van der Waals surface area contributed by atoms with Gasteiger partial charge in [0.05, 0.1) is 23.2 Å². The van der Waals surface area contributed by atoms with Crippen LogP contribution in [-0.4, -0.2) is 23.5 Å². The first-order valence-corrected chi connectivity index (χ1v) is 13.8. The van der Waals surface area contributed by atoms with Crippen LogP contribution in [0, 0.1) is 0 Å². The van der Waals surface area contributed by atoms with Gasteiger partial charge in [0, 0.05) is 17.1 Å². The van der Waals surface area contributed by atoms with E-state index in [9.17, 15) is 14.4 Å². The summed E-state index contributed by atoms with van der Waals surface area (Å²) in [4.78, 5) is 46.6. The van der Waals surface area contributed by atoms with E-state index in [0.29, 0.717) is 38.7 Å². The van der Waals surface area contributed by atoms with Crippen molar-refractivity contribution in [2.45, 2.75) is 18.6 Å². The monoisotopic (exact) mass is 576 g/mol. The van der Waals surface area contributed by atoms with Gasteiger partial charge in [0.15, 0.2) is 22.5 Å². The van der Waals surface area contributed by atoms with E-state index in [1.54, 1.807) is 59.5 Å². The molecule has 42 heavy (non-hydrogen) atoms. The molecule has 0 fully saturated rings. The van der Waals surface area contributed by atoms with Crippen molar-refractivity contribution in [3.63, 3.8) is 0 Å². The average Bonchev–Trinajstić information content (AvgIpc) is 3.64. The molecular weight excluding hydrogens is 556 g/mol. The van der Waals surface area contributed by atoms with Crippen molar-refractivity contribution in [1.29, 1.82) is 0 Å². The normalized spacial score (nSPS) is 18.3. The third-order valence-electron chi connectivity index (χ3n) is 8.17. The molecule has 5 aromatic rings. The summed E-state index contributed by atoms with van der Waals surface area (Å²) in [5.74, 6) is 0.0733. The first-order chi connectivity index (χ1) is 20.5. The quantitative estimate of drug-likeness (QED) is 0.276. The van der Waals surface area contributed by atoms with E-state index in [-0.39, 0.29) is 36.8 Å². The second kappa shape index (κ2) is 8.96. The summed E-state index contributed by atoms with van der Waals surface area (Å²) in [6.07, 6.45) is 0. The van der Waals surface area contributed by atoms with Crippen LogP contribution >= 0.6 is 11.6 Å². The number of hydrogen-bond acceptors (Lipinski definition) is 6. The number of anilines is 1. The predicted octanol–water partition coefficient (Wildman–Crippen LogP) is 5.62. The molecule has 0 saturated heterocycles. The lowest BCUT2D eigenvalue weighted by Gasteiger charge is -2.34. The molecule has 8 nitrogen and oxygen atoms in total. The molecule has 2 amide bonds. The number of ether oxygens (including phenoxy) is 2. The van der Waals surface area contributed by atoms with Gasteiger partial charge in [-0.25, -0.2) is 0 Å². The van der Waals surface area contributed by atoms with E-state index < -0.39 is 22.8 Å². The molecule has 0 saturated carbocycles. The Labute approximate surface area is 244 Å². The van der Waals surface area contributed by atoms with Crippen LogP contribution in [0.15, 0.2) is 100 Å². The van der Waals surface area contributed by atoms with Crippen molar-refractivity contribution in [3.05, 3.63) is 134 Å². The van der Waals surface area contributed by atoms with Crippen molar-refractivity contribution in [3.8, 4) is 11.5 Å². The summed E-state index contributed by atoms with van der Waals surface area (Å²) < 4.78 is 17.2. The Balaban J connectivity index is 1.37. The molecule has 3 aliphatic heterocycles. The molecule has 0 aliphatic carbocycles. The number of nitrogens with zero attached hydrogens (tertiary/aromatic N) is 2. The highest BCUT2D eigenvalue weighted by atomic mass is 35.5. The minimum atomic E-state index is -1.74. The van der Waals surface area contributed by atoms with Gasteiger partial charge >= 0.3 is 0 Å². The van der Waals surface area contributed by atoms with Gasteiger partial charge in [-0.2, -0.15) is 0 Å². The van der Waals surface area contributed by atoms with E-state index in [1.807, 2.05) is 36.4 Å². The smallest absolute Gasteiger partial charge is 0.291 e. The van der Waals surface area contributed by atoms with Gasteiger partial charge in [-0.1, -0.05) is 60.1 Å². The summed E-state index contributed by atoms with van der Waals surface area (Å²) in [6, 6.07) is 26.7. The van der Waals surface area contributed by atoms with Crippen molar-refractivity contribution < 1.29 is 23.5 Å². The second-order valence-corrected chi connectivity index (χ2v) is 10.9. The zero-order valence-electron chi connectivity index (χ0n) is 22.0. The molecule has 3 aliphatic rings. The van der Waals surface area contributed by atoms with Gasteiger partial charge in [-0.05, 0) is 53.6 Å². The van der Waals surface area contributed by atoms with Crippen LogP contribution in [0.1, 0.15) is 32.8 Å². The zero-order chi connectivity index (χ0) is 28.6. The standard InChI is InChI=1S/C33H21ClN2O6/c34-21-12-9-19(10-13-21)16-35-24-7-3-2-6-23(24)33(32(35)39)28-29(37)22-5-1-4-8-25(22)42-30(28)31(38)36(33)17-20-11-14-26-27(15-20)41-18-40-26/h1-15H,16-18H2. The minimum absolute atomic E-state index is 0.0182. The van der Waals surface area contributed by atoms with Crippen molar-refractivity contribution in [1.82, 2.24) is 4.90 Å². The Hall–Kier alpha value is -5.08. The number of carbonyl (C=O) groups excluding carboxylic acids is 2. The van der Waals surface area contributed by atoms with E-state index in [2.05, 4.69) is 0 Å². The lowest BCUT2D eigenvalue weighted by atomic mass is 9.83. The van der Waals surface area contributed by atoms with Gasteiger partial charge in [0.1, 0.15) is 5.58 Å². The number of halogens is 1. The molecule has 1 atom stereocenters. The maximum Gasteiger partial charge on any atom is 0.291 e. The number of rotatable bonds is 4. The number of amides is 2. The molecule has 1 unspecified atom stereocenters. The number of benzene rings is 4. The fourth-order valence-electron chi connectivity index (χ4n) is 6.31. The molecule has 0 N–H and O–H groups in total. The van der Waals surface area contributed by atoms with Crippen LogP contribution in [0.25, 0.3) is 11.0 Å². The first kappa shape index (κ1) is 24.7. The Morgan fingerprint density at radius 1 is 0.786 bits per heavy atom. The highest BCUT2D eigenvalue weighted by Crippen LogP contribution is 2.53. The fraction of sp³-hybridized carbons (Fsp3) is 0.121. The summed E-state index contributed by atoms with van der Waals surface area (Å²) in [7, 11) is 0. The van der Waals surface area contributed by atoms with E-state index >= 15 is 0 Å². The molecule has 8 rings (SSSR count). The van der Waals surface area contributed by atoms with Gasteiger partial charge in [-0.15, -0.1) is 0 Å². The molecule has 9 heteroatoms. The third kappa shape index (κ3) is 3.33. The summed E-state index contributed by atoms with van der Waals surface area (Å²) in [5, 5.41) is 0.882. The summed E-state index contributed by atoms with van der Waals surface area (Å²) in [5.41, 5.74) is 0.867. The van der Waals surface area contributed by atoms with E-state index in [0.717, 1.165) is 5.56 Å². The molecule has 206 valence electrons. The van der Waals surface area contributed by atoms with Crippen LogP contribution < -0.4 is 19.8 Å². The van der Waals surface area contributed by atoms with Gasteiger partial charge < -0.3 is 23.7 Å². The molecular formula is C33H21ClN2O6. The molecule has 1 aromatic heterocycles. The molecule has 1 spiro atoms. The summed E-state index contributed by atoms with van der Waals surface area (Å²) >= 11 is 6.12. The third-order valence-corrected chi connectivity index (χ3v) is 8.43. The van der Waals surface area contributed by atoms with E-state index in [1.165, 1.54) is 4.90 Å². The van der Waals surface area contributed by atoms with Crippen molar-refractivity contribution in [2.24, 2.45) is 0 Å². The van der Waals surface area contributed by atoms with Gasteiger partial charge in [0.25, 0.3) is 11.8 Å². The Morgan fingerprint density at radius 3 is 2.38 bits per heavy atom. The van der Waals surface area contributed by atoms with Crippen LogP contribution in [0.3, 0.4) is 0 Å². The van der Waals surface area contributed by atoms with Crippen LogP contribution in [0.5, 0.6) is 11.5 Å². The fourth-order valence-corrected chi connectivity index (χ4v) is 6.44. The number of carbonyl (C=O) groups is 2. The zero-order valence-corrected chi connectivity index (χ0v) is 22.8. The lowest BCUT2D eigenvalue weighted by Crippen LogP contribution is -2.52. The molecule has 4 heterocycles. The first-order valence-electron chi connectivity index (χ1n) is 13.4. The number of fused-ring (bicyclic) bond motifs is 6. The maximum atomic E-state index is 14.9. The number of hydrogen-bond donors (Lipinski definition) is 0. The van der Waals surface area contributed by atoms with Crippen LogP contribution in [0.4, 0.5) is 5.69 Å². The van der Waals surface area contributed by atoms with E-state index in [4.69, 9.17) is 25.5 Å². The average molecular weight is 577 g/mol. The predicted molar refractivity (Wildman–Crippen MR) is 155 cm³/mol. The molecule has 0 radical (unpaired) electrons. The Bertz CT molecular complexity index is 2020. The minimum Gasteiger partial charge on any atom is -0.454 e. The Kier molecular flexibility index (Phi) is 5.27.